The van der Waals surface area contributed by atoms with Crippen LogP contribution in [0.25, 0.3) is 0 Å². The van der Waals surface area contributed by atoms with Crippen LogP contribution in [0.5, 0.6) is 11.5 Å². The smallest absolute Gasteiger partial charge is 0.162 e. The van der Waals surface area contributed by atoms with E-state index >= 15 is 0 Å². The van der Waals surface area contributed by atoms with E-state index < -0.39 is 0 Å². The summed E-state index contributed by atoms with van der Waals surface area (Å²) < 4.78 is 10.7. The summed E-state index contributed by atoms with van der Waals surface area (Å²) in [5.74, 6) is 2.31. The van der Waals surface area contributed by atoms with Gasteiger partial charge in [0, 0.05) is 25.2 Å². The minimum Gasteiger partial charge on any atom is -0.493 e. The molecule has 0 unspecified atom stereocenters. The number of anilines is 2. The molecule has 2 N–H and O–H groups in total. The number of benzene rings is 1. The Kier molecular flexibility index (Phi) is 4.99. The molecule has 4 nitrogen and oxygen atoms in total. The van der Waals surface area contributed by atoms with E-state index in [1.54, 1.807) is 14.2 Å². The third kappa shape index (κ3) is 3.11. The van der Waals surface area contributed by atoms with E-state index in [4.69, 9.17) is 15.2 Å². The summed E-state index contributed by atoms with van der Waals surface area (Å²) in [5, 5.41) is 0. The standard InChI is InChI=1S/C16H26N2O2/c1-4-5-12-6-8-18(9-7-12)14-11-16(20-3)15(19-2)10-13(14)17/h10-12H,4-9,17H2,1-3H3. The van der Waals surface area contributed by atoms with Crippen LogP contribution >= 0.6 is 0 Å². The number of rotatable bonds is 5. The Bertz CT molecular complexity index is 440. The molecule has 0 atom stereocenters. The molecule has 0 saturated carbocycles. The van der Waals surface area contributed by atoms with Crippen LogP contribution in [0.15, 0.2) is 12.1 Å². The van der Waals surface area contributed by atoms with Gasteiger partial charge in [-0.25, -0.2) is 0 Å². The van der Waals surface area contributed by atoms with Gasteiger partial charge in [0.05, 0.1) is 25.6 Å². The molecule has 0 spiro atoms. The molecule has 1 aromatic carbocycles. The van der Waals surface area contributed by atoms with Crippen LogP contribution in [0.2, 0.25) is 0 Å². The number of piperidine rings is 1. The maximum atomic E-state index is 6.17. The average molecular weight is 278 g/mol. The van der Waals surface area contributed by atoms with Crippen molar-refractivity contribution in [2.75, 3.05) is 37.9 Å². The van der Waals surface area contributed by atoms with Gasteiger partial charge in [-0.2, -0.15) is 0 Å². The number of hydrogen-bond acceptors (Lipinski definition) is 4. The highest BCUT2D eigenvalue weighted by Gasteiger charge is 2.21. The first-order chi connectivity index (χ1) is 9.69. The van der Waals surface area contributed by atoms with E-state index in [2.05, 4.69) is 11.8 Å². The van der Waals surface area contributed by atoms with E-state index in [0.717, 1.165) is 36.1 Å². The summed E-state index contributed by atoms with van der Waals surface area (Å²) in [6.45, 7) is 4.41. The van der Waals surface area contributed by atoms with Gasteiger partial charge < -0.3 is 20.1 Å². The molecular weight excluding hydrogens is 252 g/mol. The van der Waals surface area contributed by atoms with Gasteiger partial charge in [0.2, 0.25) is 0 Å². The predicted octanol–water partition coefficient (Wildman–Crippen LogP) is 3.30. The van der Waals surface area contributed by atoms with E-state index in [9.17, 15) is 0 Å². The molecule has 1 aromatic rings. The fraction of sp³-hybridized carbons (Fsp3) is 0.625. The third-order valence-corrected chi connectivity index (χ3v) is 4.18. The lowest BCUT2D eigenvalue weighted by Gasteiger charge is -2.34. The maximum absolute atomic E-state index is 6.17. The van der Waals surface area contributed by atoms with E-state index in [1.165, 1.54) is 25.7 Å². The largest absolute Gasteiger partial charge is 0.493 e. The summed E-state index contributed by atoms with van der Waals surface area (Å²) >= 11 is 0. The van der Waals surface area contributed by atoms with Gasteiger partial charge in [0.25, 0.3) is 0 Å². The molecular formula is C16H26N2O2. The molecule has 112 valence electrons. The van der Waals surface area contributed by atoms with Gasteiger partial charge >= 0.3 is 0 Å². The van der Waals surface area contributed by atoms with Crippen LogP contribution in [-0.2, 0) is 0 Å². The van der Waals surface area contributed by atoms with Gasteiger partial charge in [0.15, 0.2) is 11.5 Å². The molecule has 1 aliphatic rings. The van der Waals surface area contributed by atoms with Crippen molar-refractivity contribution in [3.63, 3.8) is 0 Å². The van der Waals surface area contributed by atoms with E-state index in [0.29, 0.717) is 5.75 Å². The Labute approximate surface area is 121 Å². The number of ether oxygens (including phenoxy) is 2. The first-order valence-electron chi connectivity index (χ1n) is 7.46. The van der Waals surface area contributed by atoms with Crippen molar-refractivity contribution < 1.29 is 9.47 Å². The second-order valence-electron chi connectivity index (χ2n) is 5.49. The first kappa shape index (κ1) is 14.8. The molecule has 0 aliphatic carbocycles. The Morgan fingerprint density at radius 2 is 1.75 bits per heavy atom. The van der Waals surface area contributed by atoms with Gasteiger partial charge in [0.1, 0.15) is 0 Å². The Morgan fingerprint density at radius 3 is 2.30 bits per heavy atom. The lowest BCUT2D eigenvalue weighted by Crippen LogP contribution is -2.34. The van der Waals surface area contributed by atoms with Crippen LogP contribution in [-0.4, -0.2) is 27.3 Å². The van der Waals surface area contributed by atoms with Gasteiger partial charge in [-0.05, 0) is 18.8 Å². The molecule has 4 heteroatoms. The minimum atomic E-state index is 0.689. The Hall–Kier alpha value is -1.58. The lowest BCUT2D eigenvalue weighted by molar-refractivity contribution is 0.354. The Morgan fingerprint density at radius 1 is 1.15 bits per heavy atom. The SMILES string of the molecule is CCCC1CCN(c2cc(OC)c(OC)cc2N)CC1. The molecule has 0 aromatic heterocycles. The molecule has 0 amide bonds. The zero-order chi connectivity index (χ0) is 14.5. The number of nitrogen functional groups attached to an aromatic ring is 1. The van der Waals surface area contributed by atoms with Gasteiger partial charge in [-0.1, -0.05) is 19.8 Å². The van der Waals surface area contributed by atoms with Crippen molar-refractivity contribution in [2.45, 2.75) is 32.6 Å². The zero-order valence-corrected chi connectivity index (χ0v) is 12.8. The summed E-state index contributed by atoms with van der Waals surface area (Å²) in [5.41, 5.74) is 8.00. The number of nitrogens with two attached hydrogens (primary N) is 1. The molecule has 2 rings (SSSR count). The lowest BCUT2D eigenvalue weighted by atomic mass is 9.92. The van der Waals surface area contributed by atoms with E-state index in [1.807, 2.05) is 12.1 Å². The summed E-state index contributed by atoms with van der Waals surface area (Å²) in [6.07, 6.45) is 5.13. The van der Waals surface area contributed by atoms with Crippen LogP contribution in [0.4, 0.5) is 11.4 Å². The number of nitrogens with zero attached hydrogens (tertiary/aromatic N) is 1. The van der Waals surface area contributed by atoms with Crippen molar-refractivity contribution in [1.29, 1.82) is 0 Å². The molecule has 20 heavy (non-hydrogen) atoms. The molecule has 1 fully saturated rings. The normalized spacial score (nSPS) is 16.2. The monoisotopic (exact) mass is 278 g/mol. The topological polar surface area (TPSA) is 47.7 Å². The second kappa shape index (κ2) is 6.73. The fourth-order valence-electron chi connectivity index (χ4n) is 3.03. The van der Waals surface area contributed by atoms with Crippen molar-refractivity contribution in [3.05, 3.63) is 12.1 Å². The zero-order valence-electron chi connectivity index (χ0n) is 12.8. The Balaban J connectivity index is 2.13. The molecule has 1 saturated heterocycles. The van der Waals surface area contributed by atoms with Crippen LogP contribution in [0.1, 0.15) is 32.6 Å². The summed E-state index contributed by atoms with van der Waals surface area (Å²) in [7, 11) is 3.29. The molecule has 0 radical (unpaired) electrons. The fourth-order valence-corrected chi connectivity index (χ4v) is 3.03. The van der Waals surface area contributed by atoms with Crippen molar-refractivity contribution >= 4 is 11.4 Å². The summed E-state index contributed by atoms with van der Waals surface area (Å²) in [4.78, 5) is 2.36. The first-order valence-corrected chi connectivity index (χ1v) is 7.46. The van der Waals surface area contributed by atoms with Crippen molar-refractivity contribution in [3.8, 4) is 11.5 Å². The maximum Gasteiger partial charge on any atom is 0.162 e. The van der Waals surface area contributed by atoms with Gasteiger partial charge in [-0.15, -0.1) is 0 Å². The highest BCUT2D eigenvalue weighted by Crippen LogP contribution is 2.38. The number of methoxy groups -OCH3 is 2. The van der Waals surface area contributed by atoms with Crippen LogP contribution in [0, 0.1) is 5.92 Å². The highest BCUT2D eigenvalue weighted by molar-refractivity contribution is 5.73. The van der Waals surface area contributed by atoms with Crippen LogP contribution in [0.3, 0.4) is 0 Å². The number of hydrogen-bond donors (Lipinski definition) is 1. The molecule has 1 aliphatic heterocycles. The molecule has 1 heterocycles. The average Bonchev–Trinajstić information content (AvgIpc) is 2.48. The van der Waals surface area contributed by atoms with Crippen molar-refractivity contribution in [1.82, 2.24) is 0 Å². The van der Waals surface area contributed by atoms with E-state index in [-0.39, 0.29) is 0 Å². The highest BCUT2D eigenvalue weighted by atomic mass is 16.5. The molecule has 0 bridgehead atoms. The summed E-state index contributed by atoms with van der Waals surface area (Å²) in [6, 6.07) is 3.85. The minimum absolute atomic E-state index is 0.689. The van der Waals surface area contributed by atoms with Gasteiger partial charge in [-0.3, -0.25) is 0 Å². The second-order valence-corrected chi connectivity index (χ2v) is 5.49. The quantitative estimate of drug-likeness (QED) is 0.840. The predicted molar refractivity (Wildman–Crippen MR) is 83.8 cm³/mol. The third-order valence-electron chi connectivity index (χ3n) is 4.18. The van der Waals surface area contributed by atoms with Crippen LogP contribution < -0.4 is 20.1 Å². The van der Waals surface area contributed by atoms with Crippen molar-refractivity contribution in [2.24, 2.45) is 5.92 Å².